The number of hydrogen-bond donors (Lipinski definition) is 3. The number of aromatic nitrogens is 2. The van der Waals surface area contributed by atoms with Crippen LogP contribution in [0.4, 0.5) is 17.5 Å². The Balaban J connectivity index is 1.94. The molecule has 1 atom stereocenters. The van der Waals surface area contributed by atoms with Crippen LogP contribution < -0.4 is 15.8 Å². The molecule has 0 saturated heterocycles. The molecule has 7 heteroatoms. The molecule has 0 amide bonds. The quantitative estimate of drug-likeness (QED) is 0.527. The van der Waals surface area contributed by atoms with Crippen LogP contribution in [-0.4, -0.2) is 21.7 Å². The smallest absolute Gasteiger partial charge is 0.222 e. The van der Waals surface area contributed by atoms with Crippen LogP contribution in [0.5, 0.6) is 5.75 Å². The van der Waals surface area contributed by atoms with Crippen molar-refractivity contribution in [1.29, 1.82) is 0 Å². The normalized spacial score (nSPS) is 11.9. The monoisotopic (exact) mass is 428 g/mol. The van der Waals surface area contributed by atoms with Crippen LogP contribution in [-0.2, 0) is 0 Å². The summed E-state index contributed by atoms with van der Waals surface area (Å²) in [7, 11) is 0. The van der Waals surface area contributed by atoms with Crippen LogP contribution in [0, 0.1) is 0 Å². The topological polar surface area (TPSA) is 93.3 Å². The molecule has 0 spiro atoms. The molecule has 3 aromatic rings. The Morgan fingerprint density at radius 2 is 1.89 bits per heavy atom. The van der Waals surface area contributed by atoms with Crippen LogP contribution in [0.3, 0.4) is 0 Å². The number of halogens is 1. The van der Waals surface area contributed by atoms with Crippen molar-refractivity contribution in [2.24, 2.45) is 0 Å². The van der Waals surface area contributed by atoms with Crippen molar-refractivity contribution >= 4 is 33.4 Å². The molecule has 27 heavy (non-hydrogen) atoms. The van der Waals surface area contributed by atoms with Crippen LogP contribution in [0.15, 0.2) is 53.0 Å². The van der Waals surface area contributed by atoms with Gasteiger partial charge in [0.2, 0.25) is 5.95 Å². The average Bonchev–Trinajstić information content (AvgIpc) is 2.63. The van der Waals surface area contributed by atoms with Gasteiger partial charge in [0, 0.05) is 21.8 Å². The van der Waals surface area contributed by atoms with E-state index >= 15 is 0 Å². The largest absolute Gasteiger partial charge is 0.493 e. The standard InChI is InChI=1S/C20H21BrN4O2/c1-3-27-18-9-6-14(21)10-16(18)17-11-19(25-20(22)24-17)23-15-7-4-13(5-8-15)12(2)26/h4-12,26H,3H2,1-2H3,(H3,22,23,24,25). The molecular formula is C20H21BrN4O2. The van der Waals surface area contributed by atoms with E-state index in [9.17, 15) is 5.11 Å². The van der Waals surface area contributed by atoms with Gasteiger partial charge < -0.3 is 20.9 Å². The predicted molar refractivity (Wildman–Crippen MR) is 111 cm³/mol. The van der Waals surface area contributed by atoms with Crippen LogP contribution >= 0.6 is 15.9 Å². The lowest BCUT2D eigenvalue weighted by Gasteiger charge is -2.13. The van der Waals surface area contributed by atoms with Crippen LogP contribution in [0.2, 0.25) is 0 Å². The number of nitrogens with two attached hydrogens (primary N) is 1. The fourth-order valence-electron chi connectivity index (χ4n) is 2.64. The number of nitrogens with zero attached hydrogens (tertiary/aromatic N) is 2. The number of aliphatic hydroxyl groups is 1. The molecule has 1 unspecified atom stereocenters. The third-order valence-corrected chi connectivity index (χ3v) is 4.42. The fourth-order valence-corrected chi connectivity index (χ4v) is 3.01. The number of nitrogen functional groups attached to an aromatic ring is 1. The molecule has 0 saturated carbocycles. The zero-order valence-electron chi connectivity index (χ0n) is 15.1. The molecule has 1 aromatic heterocycles. The SMILES string of the molecule is CCOc1ccc(Br)cc1-c1cc(Nc2ccc(C(C)O)cc2)nc(N)n1. The lowest BCUT2D eigenvalue weighted by atomic mass is 10.1. The van der Waals surface area contributed by atoms with Crippen molar-refractivity contribution in [2.75, 3.05) is 17.7 Å². The van der Waals surface area contributed by atoms with E-state index in [0.717, 1.165) is 27.0 Å². The maximum atomic E-state index is 9.62. The second-order valence-corrected chi connectivity index (χ2v) is 6.91. The first-order valence-electron chi connectivity index (χ1n) is 8.58. The van der Waals surface area contributed by atoms with Crippen molar-refractivity contribution in [3.8, 4) is 17.0 Å². The third kappa shape index (κ3) is 4.75. The van der Waals surface area contributed by atoms with Gasteiger partial charge in [-0.2, -0.15) is 4.98 Å². The highest BCUT2D eigenvalue weighted by Gasteiger charge is 2.12. The van der Waals surface area contributed by atoms with Crippen molar-refractivity contribution < 1.29 is 9.84 Å². The average molecular weight is 429 g/mol. The zero-order chi connectivity index (χ0) is 19.4. The molecule has 0 bridgehead atoms. The van der Waals surface area contributed by atoms with Gasteiger partial charge in [0.15, 0.2) is 0 Å². The van der Waals surface area contributed by atoms with Crippen LogP contribution in [0.25, 0.3) is 11.3 Å². The first-order valence-corrected chi connectivity index (χ1v) is 9.38. The molecule has 1 heterocycles. The molecule has 0 radical (unpaired) electrons. The number of aliphatic hydroxyl groups excluding tert-OH is 1. The zero-order valence-corrected chi connectivity index (χ0v) is 16.7. The van der Waals surface area contributed by atoms with Gasteiger partial charge in [0.05, 0.1) is 18.4 Å². The second kappa shape index (κ2) is 8.37. The lowest BCUT2D eigenvalue weighted by molar-refractivity contribution is 0.199. The fraction of sp³-hybridized carbons (Fsp3) is 0.200. The summed E-state index contributed by atoms with van der Waals surface area (Å²) in [6.07, 6.45) is -0.506. The number of nitrogens with one attached hydrogen (secondary N) is 1. The Hall–Kier alpha value is -2.64. The van der Waals surface area contributed by atoms with Crippen LogP contribution in [0.1, 0.15) is 25.5 Å². The first kappa shape index (κ1) is 19.1. The van der Waals surface area contributed by atoms with E-state index in [1.54, 1.807) is 6.92 Å². The number of benzene rings is 2. The lowest BCUT2D eigenvalue weighted by Crippen LogP contribution is -2.03. The number of ether oxygens (including phenoxy) is 1. The summed E-state index contributed by atoms with van der Waals surface area (Å²) in [5.74, 6) is 1.47. The predicted octanol–water partition coefficient (Wildman–Crippen LogP) is 4.68. The van der Waals surface area contributed by atoms with Crippen molar-refractivity contribution in [3.05, 3.63) is 58.6 Å². The highest BCUT2D eigenvalue weighted by Crippen LogP contribution is 2.33. The summed E-state index contributed by atoms with van der Waals surface area (Å²) in [4.78, 5) is 8.62. The molecule has 140 valence electrons. The van der Waals surface area contributed by atoms with Gasteiger partial charge in [-0.15, -0.1) is 0 Å². The van der Waals surface area contributed by atoms with Gasteiger partial charge in [-0.05, 0) is 49.7 Å². The second-order valence-electron chi connectivity index (χ2n) is 5.99. The molecule has 4 N–H and O–H groups in total. The molecule has 6 nitrogen and oxygen atoms in total. The highest BCUT2D eigenvalue weighted by atomic mass is 79.9. The Morgan fingerprint density at radius 3 is 2.56 bits per heavy atom. The summed E-state index contributed by atoms with van der Waals surface area (Å²) >= 11 is 3.49. The number of hydrogen-bond acceptors (Lipinski definition) is 6. The first-order chi connectivity index (χ1) is 13.0. The van der Waals surface area contributed by atoms with E-state index in [1.165, 1.54) is 0 Å². The summed E-state index contributed by atoms with van der Waals surface area (Å²) in [5.41, 5.74) is 9.10. The van der Waals surface area contributed by atoms with Crippen molar-refractivity contribution in [2.45, 2.75) is 20.0 Å². The summed E-state index contributed by atoms with van der Waals surface area (Å²) in [5, 5.41) is 12.8. The van der Waals surface area contributed by atoms with Crippen molar-refractivity contribution in [3.63, 3.8) is 0 Å². The van der Waals surface area contributed by atoms with E-state index in [1.807, 2.05) is 55.5 Å². The number of anilines is 3. The minimum atomic E-state index is -0.506. The highest BCUT2D eigenvalue weighted by molar-refractivity contribution is 9.10. The van der Waals surface area contributed by atoms with Crippen molar-refractivity contribution in [1.82, 2.24) is 9.97 Å². The third-order valence-electron chi connectivity index (χ3n) is 3.93. The van der Waals surface area contributed by atoms with E-state index < -0.39 is 6.10 Å². The van der Waals surface area contributed by atoms with Gasteiger partial charge in [-0.3, -0.25) is 0 Å². The Bertz CT molecular complexity index is 930. The summed E-state index contributed by atoms with van der Waals surface area (Å²) < 4.78 is 6.63. The van der Waals surface area contributed by atoms with Gasteiger partial charge in [-0.1, -0.05) is 28.1 Å². The van der Waals surface area contributed by atoms with Gasteiger partial charge >= 0.3 is 0 Å². The maximum absolute atomic E-state index is 9.62. The molecular weight excluding hydrogens is 408 g/mol. The van der Waals surface area contributed by atoms with E-state index in [4.69, 9.17) is 10.5 Å². The minimum absolute atomic E-state index is 0.165. The Morgan fingerprint density at radius 1 is 1.15 bits per heavy atom. The molecule has 0 aliphatic rings. The Labute approximate surface area is 166 Å². The van der Waals surface area contributed by atoms with E-state index in [-0.39, 0.29) is 5.95 Å². The molecule has 0 aliphatic carbocycles. The summed E-state index contributed by atoms with van der Waals surface area (Å²) in [6.45, 7) is 4.22. The van der Waals surface area contributed by atoms with E-state index in [2.05, 4.69) is 31.2 Å². The molecule has 2 aromatic carbocycles. The van der Waals surface area contributed by atoms with Gasteiger partial charge in [0.1, 0.15) is 11.6 Å². The number of rotatable bonds is 6. The minimum Gasteiger partial charge on any atom is -0.493 e. The van der Waals surface area contributed by atoms with E-state index in [0.29, 0.717) is 18.1 Å². The Kier molecular flexibility index (Phi) is 5.93. The molecule has 3 rings (SSSR count). The van der Waals surface area contributed by atoms with Gasteiger partial charge in [0.25, 0.3) is 0 Å². The summed E-state index contributed by atoms with van der Waals surface area (Å²) in [6, 6.07) is 15.1. The maximum Gasteiger partial charge on any atom is 0.222 e. The molecule has 0 fully saturated rings. The van der Waals surface area contributed by atoms with Gasteiger partial charge in [-0.25, -0.2) is 4.98 Å². The molecule has 0 aliphatic heterocycles.